The van der Waals surface area contributed by atoms with E-state index in [4.69, 9.17) is 22.1 Å². The number of carbonyl (C=O) groups excluding carboxylic acids is 1. The van der Waals surface area contributed by atoms with Gasteiger partial charge in [0.1, 0.15) is 5.82 Å². The molecule has 0 spiro atoms. The molecule has 0 atom stereocenters. The molecule has 0 radical (unpaired) electrons. The number of hydrogen-bond donors (Lipinski definition) is 1. The second-order valence-corrected chi connectivity index (χ2v) is 7.55. The highest BCUT2D eigenvalue weighted by Crippen LogP contribution is 2.29. The molecule has 1 saturated heterocycles. The number of nitrogens with two attached hydrogens (primary N) is 1. The Kier molecular flexibility index (Phi) is 6.17. The Hall–Kier alpha value is -3.40. The Morgan fingerprint density at radius 3 is 2.68 bits per heavy atom. The van der Waals surface area contributed by atoms with Crippen molar-refractivity contribution in [3.63, 3.8) is 0 Å². The van der Waals surface area contributed by atoms with E-state index in [1.807, 2.05) is 31.2 Å². The predicted molar refractivity (Wildman–Crippen MR) is 121 cm³/mol. The molecular formula is C24H21ClN4O2. The van der Waals surface area contributed by atoms with E-state index < -0.39 is 0 Å². The molecular weight excluding hydrogens is 412 g/mol. The van der Waals surface area contributed by atoms with E-state index in [9.17, 15) is 4.79 Å². The minimum atomic E-state index is -0.0958. The fourth-order valence-electron chi connectivity index (χ4n) is 3.37. The number of aryl methyl sites for hydroxylation is 1. The molecule has 1 aliphatic rings. The van der Waals surface area contributed by atoms with Crippen molar-refractivity contribution in [2.24, 2.45) is 0 Å². The summed E-state index contributed by atoms with van der Waals surface area (Å²) in [6, 6.07) is 10.9. The van der Waals surface area contributed by atoms with Gasteiger partial charge in [-0.2, -0.15) is 0 Å². The Morgan fingerprint density at radius 1 is 1.13 bits per heavy atom. The van der Waals surface area contributed by atoms with E-state index in [-0.39, 0.29) is 5.91 Å². The number of benzene rings is 1. The zero-order valence-corrected chi connectivity index (χ0v) is 17.8. The van der Waals surface area contributed by atoms with Gasteiger partial charge in [-0.15, -0.1) is 0 Å². The molecule has 0 aliphatic carbocycles. The first kappa shape index (κ1) is 20.9. The third-order valence-corrected chi connectivity index (χ3v) is 5.39. The lowest BCUT2D eigenvalue weighted by Gasteiger charge is -2.27. The van der Waals surface area contributed by atoms with Gasteiger partial charge in [-0.1, -0.05) is 29.5 Å². The summed E-state index contributed by atoms with van der Waals surface area (Å²) in [6.45, 7) is 4.09. The Balaban J connectivity index is 1.73. The number of halogens is 1. The topological polar surface area (TPSA) is 81.3 Å². The van der Waals surface area contributed by atoms with Gasteiger partial charge >= 0.3 is 0 Å². The summed E-state index contributed by atoms with van der Waals surface area (Å²) in [5, 5.41) is 0.423. The van der Waals surface area contributed by atoms with Crippen molar-refractivity contribution < 1.29 is 9.53 Å². The molecule has 1 aromatic carbocycles. The molecule has 2 N–H and O–H groups in total. The maximum absolute atomic E-state index is 13.0. The molecule has 156 valence electrons. The normalized spacial score (nSPS) is 13.4. The highest BCUT2D eigenvalue weighted by molar-refractivity contribution is 6.34. The monoisotopic (exact) mass is 432 g/mol. The van der Waals surface area contributed by atoms with Gasteiger partial charge in [-0.25, -0.2) is 4.98 Å². The van der Waals surface area contributed by atoms with Crippen LogP contribution in [-0.2, 0) is 4.74 Å². The van der Waals surface area contributed by atoms with Crippen LogP contribution in [0.1, 0.15) is 27.2 Å². The van der Waals surface area contributed by atoms with Gasteiger partial charge in [0.2, 0.25) is 0 Å². The first-order valence-electron chi connectivity index (χ1n) is 9.89. The van der Waals surface area contributed by atoms with Crippen molar-refractivity contribution in [2.75, 3.05) is 32.0 Å². The van der Waals surface area contributed by atoms with E-state index in [0.29, 0.717) is 42.7 Å². The van der Waals surface area contributed by atoms with Crippen LogP contribution >= 0.6 is 11.6 Å². The summed E-state index contributed by atoms with van der Waals surface area (Å²) in [6.07, 6.45) is 3.37. The fraction of sp³-hybridized carbons (Fsp3) is 0.208. The molecule has 31 heavy (non-hydrogen) atoms. The standard InChI is InChI=1S/C24H21ClN4O2/c1-16-19(5-2-17-3-7-23(26)28-15-17)20(8-9-27-16)18-4-6-22(25)21(14-18)24(30)29-10-12-31-13-11-29/h3-4,6-9,14-15H,10-13H2,1H3,(H2,26,28). The van der Waals surface area contributed by atoms with Crippen LogP contribution in [0.3, 0.4) is 0 Å². The lowest BCUT2D eigenvalue weighted by Crippen LogP contribution is -2.40. The molecule has 0 unspecified atom stereocenters. The number of aromatic nitrogens is 2. The number of carbonyl (C=O) groups is 1. The number of pyridine rings is 2. The van der Waals surface area contributed by atoms with Crippen LogP contribution in [-0.4, -0.2) is 47.1 Å². The third-order valence-electron chi connectivity index (χ3n) is 5.06. The smallest absolute Gasteiger partial charge is 0.255 e. The van der Waals surface area contributed by atoms with Crippen molar-refractivity contribution in [1.29, 1.82) is 0 Å². The maximum Gasteiger partial charge on any atom is 0.255 e. The van der Waals surface area contributed by atoms with E-state index in [1.54, 1.807) is 29.4 Å². The van der Waals surface area contributed by atoms with Crippen molar-refractivity contribution in [3.05, 3.63) is 76.2 Å². The van der Waals surface area contributed by atoms with Gasteiger partial charge in [0.05, 0.1) is 35.1 Å². The molecule has 1 aliphatic heterocycles. The van der Waals surface area contributed by atoms with Crippen LogP contribution in [0.25, 0.3) is 11.1 Å². The number of rotatable bonds is 2. The molecule has 6 nitrogen and oxygen atoms in total. The van der Waals surface area contributed by atoms with Crippen molar-refractivity contribution in [2.45, 2.75) is 6.92 Å². The number of nitrogen functional groups attached to an aromatic ring is 1. The van der Waals surface area contributed by atoms with Gasteiger partial charge in [-0.3, -0.25) is 9.78 Å². The Bertz CT molecular complexity index is 1180. The van der Waals surface area contributed by atoms with Gasteiger partial charge in [0, 0.05) is 36.6 Å². The van der Waals surface area contributed by atoms with Crippen molar-refractivity contribution in [1.82, 2.24) is 14.9 Å². The molecule has 4 rings (SSSR count). The second-order valence-electron chi connectivity index (χ2n) is 7.14. The number of hydrogen-bond acceptors (Lipinski definition) is 5. The first-order chi connectivity index (χ1) is 15.0. The first-order valence-corrected chi connectivity index (χ1v) is 10.3. The van der Waals surface area contributed by atoms with E-state index in [1.165, 1.54) is 0 Å². The van der Waals surface area contributed by atoms with Gasteiger partial charge in [0.15, 0.2) is 0 Å². The Labute approximate surface area is 186 Å². The Morgan fingerprint density at radius 2 is 1.94 bits per heavy atom. The lowest BCUT2D eigenvalue weighted by molar-refractivity contribution is 0.0303. The molecule has 1 fully saturated rings. The van der Waals surface area contributed by atoms with Crippen LogP contribution < -0.4 is 5.73 Å². The largest absolute Gasteiger partial charge is 0.384 e. The summed E-state index contributed by atoms with van der Waals surface area (Å²) in [5.41, 5.74) is 10.2. The average Bonchev–Trinajstić information content (AvgIpc) is 2.80. The van der Waals surface area contributed by atoms with Gasteiger partial charge < -0.3 is 15.4 Å². The number of ether oxygens (including phenoxy) is 1. The fourth-order valence-corrected chi connectivity index (χ4v) is 3.57. The molecule has 3 heterocycles. The number of anilines is 1. The van der Waals surface area contributed by atoms with Crippen LogP contribution in [0, 0.1) is 18.8 Å². The quantitative estimate of drug-likeness (QED) is 0.626. The molecule has 1 amide bonds. The van der Waals surface area contributed by atoms with E-state index in [2.05, 4.69) is 21.8 Å². The van der Waals surface area contributed by atoms with Crippen molar-refractivity contribution >= 4 is 23.3 Å². The van der Waals surface area contributed by atoms with Crippen LogP contribution in [0.15, 0.2) is 48.8 Å². The molecule has 0 bridgehead atoms. The molecule has 0 saturated carbocycles. The molecule has 3 aromatic rings. The summed E-state index contributed by atoms with van der Waals surface area (Å²) < 4.78 is 5.35. The van der Waals surface area contributed by atoms with E-state index in [0.717, 1.165) is 27.9 Å². The number of nitrogens with zero attached hydrogens (tertiary/aromatic N) is 3. The minimum Gasteiger partial charge on any atom is -0.384 e. The summed E-state index contributed by atoms with van der Waals surface area (Å²) in [5.74, 6) is 6.67. The molecule has 2 aromatic heterocycles. The van der Waals surface area contributed by atoms with Crippen LogP contribution in [0.5, 0.6) is 0 Å². The average molecular weight is 433 g/mol. The summed E-state index contributed by atoms with van der Waals surface area (Å²) in [4.78, 5) is 23.2. The zero-order chi connectivity index (χ0) is 21.8. The van der Waals surface area contributed by atoms with Crippen LogP contribution in [0.2, 0.25) is 5.02 Å². The minimum absolute atomic E-state index is 0.0958. The summed E-state index contributed by atoms with van der Waals surface area (Å²) in [7, 11) is 0. The van der Waals surface area contributed by atoms with E-state index >= 15 is 0 Å². The summed E-state index contributed by atoms with van der Waals surface area (Å²) >= 11 is 6.39. The van der Waals surface area contributed by atoms with Gasteiger partial charge in [0.25, 0.3) is 5.91 Å². The number of morpholine rings is 1. The predicted octanol–water partition coefficient (Wildman–Crippen LogP) is 3.56. The number of amides is 1. The van der Waals surface area contributed by atoms with Gasteiger partial charge in [-0.05, 0) is 42.8 Å². The SMILES string of the molecule is Cc1nccc(-c2ccc(Cl)c(C(=O)N3CCOCC3)c2)c1C#Cc1ccc(N)nc1. The van der Waals surface area contributed by atoms with Crippen LogP contribution in [0.4, 0.5) is 5.82 Å². The highest BCUT2D eigenvalue weighted by atomic mass is 35.5. The zero-order valence-electron chi connectivity index (χ0n) is 17.1. The van der Waals surface area contributed by atoms with Crippen molar-refractivity contribution in [3.8, 4) is 23.0 Å². The second kappa shape index (κ2) is 9.17. The highest BCUT2D eigenvalue weighted by Gasteiger charge is 2.21. The lowest BCUT2D eigenvalue weighted by atomic mass is 9.97. The third kappa shape index (κ3) is 4.69. The maximum atomic E-state index is 13.0. The molecule has 7 heteroatoms.